The number of halogens is 1. The van der Waals surface area contributed by atoms with E-state index in [4.69, 9.17) is 11.6 Å². The van der Waals surface area contributed by atoms with E-state index in [1.54, 1.807) is 0 Å². The molecule has 7 atom stereocenters. The fraction of sp³-hybridized carbons (Fsp3) is 0.905. The van der Waals surface area contributed by atoms with Crippen molar-refractivity contribution in [3.05, 3.63) is 0 Å². The van der Waals surface area contributed by atoms with Gasteiger partial charge in [0.2, 0.25) is 11.8 Å². The third kappa shape index (κ3) is 4.97. The molecule has 2 saturated heterocycles. The maximum absolute atomic E-state index is 13.0. The molecule has 7 unspecified atom stereocenters. The van der Waals surface area contributed by atoms with Crippen molar-refractivity contribution < 1.29 is 9.59 Å². The van der Waals surface area contributed by atoms with Gasteiger partial charge in [-0.25, -0.2) is 0 Å². The van der Waals surface area contributed by atoms with Crippen LogP contribution in [-0.2, 0) is 9.59 Å². The van der Waals surface area contributed by atoms with Crippen LogP contribution in [-0.4, -0.2) is 53.8 Å². The zero-order chi connectivity index (χ0) is 19.6. The fourth-order valence-electron chi connectivity index (χ4n) is 5.43. The molecule has 1 saturated carbocycles. The lowest BCUT2D eigenvalue weighted by molar-refractivity contribution is -0.132. The highest BCUT2D eigenvalue weighted by Gasteiger charge is 2.41. The Morgan fingerprint density at radius 2 is 1.85 bits per heavy atom. The molecule has 3 rings (SSSR count). The van der Waals surface area contributed by atoms with Crippen molar-refractivity contribution in [3.8, 4) is 0 Å². The van der Waals surface area contributed by atoms with Crippen LogP contribution < -0.4 is 10.6 Å². The van der Waals surface area contributed by atoms with E-state index >= 15 is 0 Å². The molecule has 0 radical (unpaired) electrons. The van der Waals surface area contributed by atoms with E-state index in [1.807, 2.05) is 6.92 Å². The molecule has 3 fully saturated rings. The number of rotatable bonds is 4. The minimum Gasteiger partial charge on any atom is -0.355 e. The van der Waals surface area contributed by atoms with Gasteiger partial charge in [0.05, 0.1) is 5.92 Å². The molecule has 1 aliphatic carbocycles. The summed E-state index contributed by atoms with van der Waals surface area (Å²) >= 11 is 6.58. The van der Waals surface area contributed by atoms with Gasteiger partial charge in [-0.05, 0) is 64.0 Å². The molecular weight excluding hydrogens is 362 g/mol. The van der Waals surface area contributed by atoms with Crippen molar-refractivity contribution in [2.45, 2.75) is 76.8 Å². The molecule has 6 heteroatoms. The third-order valence-corrected chi connectivity index (χ3v) is 7.44. The molecule has 5 nitrogen and oxygen atoms in total. The van der Waals surface area contributed by atoms with E-state index in [2.05, 4.69) is 29.4 Å². The first-order valence-electron chi connectivity index (χ1n) is 10.8. The van der Waals surface area contributed by atoms with Crippen molar-refractivity contribution in [1.82, 2.24) is 15.5 Å². The predicted molar refractivity (Wildman–Crippen MR) is 109 cm³/mol. The van der Waals surface area contributed by atoms with Gasteiger partial charge in [0.15, 0.2) is 0 Å². The summed E-state index contributed by atoms with van der Waals surface area (Å²) in [6.07, 6.45) is 6.49. The summed E-state index contributed by atoms with van der Waals surface area (Å²) in [7, 11) is 0. The molecule has 2 aliphatic heterocycles. The van der Waals surface area contributed by atoms with Crippen LogP contribution in [0.15, 0.2) is 0 Å². The highest BCUT2D eigenvalue weighted by molar-refractivity contribution is 6.20. The molecule has 2 N–H and O–H groups in total. The molecule has 27 heavy (non-hydrogen) atoms. The number of nitrogens with zero attached hydrogens (tertiary/aromatic N) is 1. The Labute approximate surface area is 169 Å². The second-order valence-corrected chi connectivity index (χ2v) is 9.79. The summed E-state index contributed by atoms with van der Waals surface area (Å²) in [6, 6.07) is 0.621. The van der Waals surface area contributed by atoms with E-state index in [1.165, 1.54) is 19.3 Å². The number of likely N-dealkylation sites (tertiary alicyclic amines) is 1. The minimum atomic E-state index is -0.131. The maximum atomic E-state index is 13.0. The van der Waals surface area contributed by atoms with E-state index in [0.29, 0.717) is 24.4 Å². The summed E-state index contributed by atoms with van der Waals surface area (Å²) in [5.74, 6) is 0.548. The zero-order valence-corrected chi connectivity index (χ0v) is 17.8. The summed E-state index contributed by atoms with van der Waals surface area (Å²) in [6.45, 7) is 9.05. The Morgan fingerprint density at radius 1 is 1.15 bits per heavy atom. The zero-order valence-electron chi connectivity index (χ0n) is 17.0. The summed E-state index contributed by atoms with van der Waals surface area (Å²) < 4.78 is 0. The Morgan fingerprint density at radius 3 is 2.52 bits per heavy atom. The first-order chi connectivity index (χ1) is 12.9. The molecule has 2 heterocycles. The molecule has 0 bridgehead atoms. The van der Waals surface area contributed by atoms with Crippen LogP contribution in [0.4, 0.5) is 0 Å². The number of nitrogens with one attached hydrogen (secondary N) is 2. The van der Waals surface area contributed by atoms with Crippen molar-refractivity contribution >= 4 is 23.4 Å². The van der Waals surface area contributed by atoms with Crippen LogP contribution in [0.3, 0.4) is 0 Å². The Hall–Kier alpha value is -0.810. The van der Waals surface area contributed by atoms with Gasteiger partial charge in [-0.3, -0.25) is 9.59 Å². The lowest BCUT2D eigenvalue weighted by Gasteiger charge is -2.45. The third-order valence-electron chi connectivity index (χ3n) is 7.08. The summed E-state index contributed by atoms with van der Waals surface area (Å²) in [5.41, 5.74) is 0. The largest absolute Gasteiger partial charge is 0.355 e. The average Bonchev–Trinajstić information content (AvgIpc) is 2.63. The smallest absolute Gasteiger partial charge is 0.225 e. The monoisotopic (exact) mass is 397 g/mol. The highest BCUT2D eigenvalue weighted by atomic mass is 35.5. The molecular formula is C21H36ClN3O2. The van der Waals surface area contributed by atoms with Gasteiger partial charge in [-0.2, -0.15) is 0 Å². The van der Waals surface area contributed by atoms with Crippen molar-refractivity contribution in [2.75, 3.05) is 19.6 Å². The van der Waals surface area contributed by atoms with Gasteiger partial charge >= 0.3 is 0 Å². The minimum absolute atomic E-state index is 0.0571. The van der Waals surface area contributed by atoms with Gasteiger partial charge in [-0.1, -0.05) is 20.3 Å². The van der Waals surface area contributed by atoms with Crippen LogP contribution in [0.2, 0.25) is 0 Å². The van der Waals surface area contributed by atoms with Crippen LogP contribution in [0, 0.1) is 23.7 Å². The van der Waals surface area contributed by atoms with Gasteiger partial charge in [0.25, 0.3) is 0 Å². The predicted octanol–water partition coefficient (Wildman–Crippen LogP) is 2.77. The van der Waals surface area contributed by atoms with Gasteiger partial charge in [-0.15, -0.1) is 11.6 Å². The molecule has 0 aromatic heterocycles. The second kappa shape index (κ2) is 9.13. The van der Waals surface area contributed by atoms with Crippen molar-refractivity contribution in [1.29, 1.82) is 0 Å². The van der Waals surface area contributed by atoms with Crippen LogP contribution >= 0.6 is 11.6 Å². The molecule has 0 aromatic rings. The number of hydrogen-bond donors (Lipinski definition) is 2. The van der Waals surface area contributed by atoms with Gasteiger partial charge in [0, 0.05) is 29.9 Å². The number of piperidine rings is 2. The average molecular weight is 398 g/mol. The first-order valence-corrected chi connectivity index (χ1v) is 11.3. The van der Waals surface area contributed by atoms with Gasteiger partial charge in [0.1, 0.15) is 0 Å². The Balaban J connectivity index is 1.58. The lowest BCUT2D eigenvalue weighted by Crippen LogP contribution is -2.54. The Bertz CT molecular complexity index is 538. The van der Waals surface area contributed by atoms with Crippen molar-refractivity contribution in [2.24, 2.45) is 23.7 Å². The van der Waals surface area contributed by atoms with Crippen LogP contribution in [0.1, 0.15) is 59.3 Å². The SMILES string of the molecule is CC1CC(C)C(CNC(=O)C2CC(Cl)CC(N3CCCCC3)C2C)C(=O)N1. The standard InChI is InChI=1S/C21H36ClN3O2/c1-13-9-14(2)24-21(27)18(13)12-23-20(26)17-10-16(22)11-19(15(17)3)25-7-5-4-6-8-25/h13-19H,4-12H2,1-3H3,(H,23,26)(H,24,27). The highest BCUT2D eigenvalue weighted by Crippen LogP contribution is 2.37. The number of amides is 2. The molecule has 0 aromatic carbocycles. The quantitative estimate of drug-likeness (QED) is 0.717. The number of hydrogen-bond acceptors (Lipinski definition) is 3. The van der Waals surface area contributed by atoms with E-state index in [0.717, 1.165) is 32.4 Å². The van der Waals surface area contributed by atoms with Crippen LogP contribution in [0.5, 0.6) is 0 Å². The number of carbonyl (C=O) groups excluding carboxylic acids is 2. The molecule has 0 spiro atoms. The Kier molecular flexibility index (Phi) is 7.07. The van der Waals surface area contributed by atoms with Crippen LogP contribution in [0.25, 0.3) is 0 Å². The van der Waals surface area contributed by atoms with E-state index in [-0.39, 0.29) is 35.1 Å². The molecule has 154 valence electrons. The molecule has 2 amide bonds. The summed E-state index contributed by atoms with van der Waals surface area (Å²) in [5, 5.41) is 6.16. The van der Waals surface area contributed by atoms with E-state index < -0.39 is 0 Å². The number of carbonyl (C=O) groups is 2. The van der Waals surface area contributed by atoms with Gasteiger partial charge < -0.3 is 15.5 Å². The summed E-state index contributed by atoms with van der Waals surface area (Å²) in [4.78, 5) is 27.8. The van der Waals surface area contributed by atoms with Crippen molar-refractivity contribution in [3.63, 3.8) is 0 Å². The number of alkyl halides is 1. The normalized spacial score (nSPS) is 41.0. The lowest BCUT2D eigenvalue weighted by atomic mass is 9.75. The fourth-order valence-corrected chi connectivity index (χ4v) is 5.81. The molecule has 3 aliphatic rings. The van der Waals surface area contributed by atoms with E-state index in [9.17, 15) is 9.59 Å². The topological polar surface area (TPSA) is 61.4 Å². The second-order valence-electron chi connectivity index (χ2n) is 9.17. The maximum Gasteiger partial charge on any atom is 0.225 e. The first kappa shape index (κ1) is 20.9.